The summed E-state index contributed by atoms with van der Waals surface area (Å²) in [4.78, 5) is 2.96. The van der Waals surface area contributed by atoms with Crippen LogP contribution in [0.5, 0.6) is 0 Å². The number of rotatable bonds is 3. The zero-order valence-corrected chi connectivity index (χ0v) is 23.3. The lowest BCUT2D eigenvalue weighted by atomic mass is 9.72. The van der Waals surface area contributed by atoms with Crippen molar-refractivity contribution in [1.29, 1.82) is 0 Å². The molecule has 5 nitrogen and oxygen atoms in total. The third kappa shape index (κ3) is 5.71. The Morgan fingerprint density at radius 1 is 0.531 bits per heavy atom. The van der Waals surface area contributed by atoms with Crippen molar-refractivity contribution in [2.24, 2.45) is 0 Å². The second-order valence-electron chi connectivity index (χ2n) is 15.4. The van der Waals surface area contributed by atoms with E-state index in [1.54, 1.807) is 5.06 Å². The van der Waals surface area contributed by atoms with Gasteiger partial charge >= 0.3 is 0 Å². The fourth-order valence-corrected chi connectivity index (χ4v) is 8.28. The Kier molecular flexibility index (Phi) is 6.53. The van der Waals surface area contributed by atoms with E-state index in [2.05, 4.69) is 98.6 Å². The van der Waals surface area contributed by atoms with Gasteiger partial charge in [-0.15, -0.1) is 0 Å². The van der Waals surface area contributed by atoms with Crippen molar-refractivity contribution < 1.29 is 5.21 Å². The molecule has 0 bridgehead atoms. The summed E-state index contributed by atoms with van der Waals surface area (Å²) in [5.41, 5.74) is -0.00547. The van der Waals surface area contributed by atoms with Crippen LogP contribution in [0, 0.1) is 0 Å². The Hall–Kier alpha value is -0.200. The molecular formula is C27H54N4O. The number of hydrogen-bond acceptors (Lipinski definition) is 5. The highest BCUT2D eigenvalue weighted by molar-refractivity contribution is 5.09. The van der Waals surface area contributed by atoms with Crippen LogP contribution in [0.3, 0.4) is 0 Å². The first-order valence-corrected chi connectivity index (χ1v) is 13.0. The van der Waals surface area contributed by atoms with Crippen LogP contribution in [0.4, 0.5) is 0 Å². The molecule has 0 radical (unpaired) electrons. The van der Waals surface area contributed by atoms with Gasteiger partial charge in [0, 0.05) is 51.4 Å². The average molecular weight is 451 g/mol. The molecule has 5 heteroatoms. The molecule has 0 unspecified atom stereocenters. The molecule has 0 amide bonds. The normalized spacial score (nSPS) is 32.8. The van der Waals surface area contributed by atoms with Crippen LogP contribution in [0.25, 0.3) is 0 Å². The van der Waals surface area contributed by atoms with Crippen molar-refractivity contribution in [3.63, 3.8) is 0 Å². The van der Waals surface area contributed by atoms with E-state index in [0.29, 0.717) is 18.1 Å². The van der Waals surface area contributed by atoms with Gasteiger partial charge in [-0.2, -0.15) is 5.06 Å². The molecule has 0 saturated carbocycles. The quantitative estimate of drug-likeness (QED) is 0.543. The van der Waals surface area contributed by atoms with E-state index in [-0.39, 0.29) is 33.2 Å². The van der Waals surface area contributed by atoms with Gasteiger partial charge in [0.05, 0.1) is 0 Å². The minimum absolute atomic E-state index is 0.116. The van der Waals surface area contributed by atoms with E-state index < -0.39 is 0 Å². The Morgan fingerprint density at radius 3 is 1.06 bits per heavy atom. The third-order valence-electron chi connectivity index (χ3n) is 8.22. The first kappa shape index (κ1) is 26.4. The molecule has 3 aliphatic rings. The highest BCUT2D eigenvalue weighted by Crippen LogP contribution is 2.45. The minimum Gasteiger partial charge on any atom is -0.313 e. The van der Waals surface area contributed by atoms with Gasteiger partial charge in [-0.1, -0.05) is 0 Å². The molecule has 3 saturated heterocycles. The lowest BCUT2D eigenvalue weighted by Gasteiger charge is -2.60. The van der Waals surface area contributed by atoms with Gasteiger partial charge in [-0.05, 0) is 122 Å². The molecule has 3 aliphatic heterocycles. The zero-order chi connectivity index (χ0) is 24.5. The Bertz CT molecular complexity index is 606. The maximum absolute atomic E-state index is 11.0. The van der Waals surface area contributed by atoms with Crippen molar-refractivity contribution in [3.8, 4) is 0 Å². The largest absolute Gasteiger partial charge is 0.313 e. The van der Waals surface area contributed by atoms with Crippen molar-refractivity contribution >= 4 is 0 Å². The molecule has 3 rings (SSSR count). The van der Waals surface area contributed by atoms with E-state index in [1.807, 2.05) is 0 Å². The number of hydroxylamine groups is 2. The predicted molar refractivity (Wildman–Crippen MR) is 135 cm³/mol. The topological polar surface area (TPSA) is 50.8 Å². The van der Waals surface area contributed by atoms with Crippen LogP contribution in [0.15, 0.2) is 0 Å². The summed E-state index contributed by atoms with van der Waals surface area (Å²) in [6, 6.07) is 1.54. The summed E-state index contributed by atoms with van der Waals surface area (Å²) in [5.74, 6) is 0. The van der Waals surface area contributed by atoms with Crippen LogP contribution in [-0.4, -0.2) is 66.5 Å². The summed E-state index contributed by atoms with van der Waals surface area (Å²) in [6.07, 6.45) is 6.68. The lowest BCUT2D eigenvalue weighted by molar-refractivity contribution is -0.256. The second kappa shape index (κ2) is 7.91. The zero-order valence-electron chi connectivity index (χ0n) is 23.3. The Balaban J connectivity index is 2.04. The monoisotopic (exact) mass is 450 g/mol. The number of nitrogens with zero attached hydrogens (tertiary/aromatic N) is 2. The van der Waals surface area contributed by atoms with Crippen molar-refractivity contribution in [2.75, 3.05) is 0 Å². The van der Waals surface area contributed by atoms with Crippen molar-refractivity contribution in [1.82, 2.24) is 20.6 Å². The summed E-state index contributed by atoms with van der Waals surface area (Å²) in [6.45, 7) is 27.9. The SMILES string of the molecule is CC1(C)CC(N(C2CC(C)(C)NC(C)(C)C2)C2CC(C)(C)N(O)C(C)(C)C2)CC(C)(C)N1. The minimum atomic E-state index is -0.236. The van der Waals surface area contributed by atoms with Gasteiger partial charge in [0.25, 0.3) is 0 Å². The summed E-state index contributed by atoms with van der Waals surface area (Å²) >= 11 is 0. The van der Waals surface area contributed by atoms with Crippen LogP contribution in [0.1, 0.15) is 122 Å². The van der Waals surface area contributed by atoms with Gasteiger partial charge in [-0.3, -0.25) is 4.90 Å². The van der Waals surface area contributed by atoms with Crippen LogP contribution in [-0.2, 0) is 0 Å². The van der Waals surface area contributed by atoms with E-state index in [9.17, 15) is 5.21 Å². The molecule has 0 aromatic carbocycles. The first-order chi connectivity index (χ1) is 14.1. The summed E-state index contributed by atoms with van der Waals surface area (Å²) in [5, 5.41) is 20.5. The van der Waals surface area contributed by atoms with E-state index in [1.165, 1.54) is 25.7 Å². The smallest absolute Gasteiger partial charge is 0.0425 e. The maximum Gasteiger partial charge on any atom is 0.0425 e. The summed E-state index contributed by atoms with van der Waals surface area (Å²) in [7, 11) is 0. The number of piperidine rings is 3. The van der Waals surface area contributed by atoms with Crippen molar-refractivity contribution in [3.05, 3.63) is 0 Å². The van der Waals surface area contributed by atoms with E-state index >= 15 is 0 Å². The molecule has 3 fully saturated rings. The molecule has 0 aliphatic carbocycles. The standard InChI is InChI=1S/C27H54N4O/c1-22(2)13-19(14-23(3,4)28-22)30(20-15-24(5,6)29-25(7,8)16-20)21-17-26(9,10)31(32)27(11,12)18-21/h19-21,28-29,32H,13-18H2,1-12H3. The molecule has 0 aromatic rings. The number of nitrogens with one attached hydrogen (secondary N) is 2. The van der Waals surface area contributed by atoms with Gasteiger partial charge in [0.15, 0.2) is 0 Å². The fraction of sp³-hybridized carbons (Fsp3) is 1.00. The van der Waals surface area contributed by atoms with Crippen LogP contribution >= 0.6 is 0 Å². The van der Waals surface area contributed by atoms with Gasteiger partial charge in [-0.25, -0.2) is 0 Å². The lowest BCUT2D eigenvalue weighted by Crippen LogP contribution is -2.71. The van der Waals surface area contributed by atoms with Crippen LogP contribution < -0.4 is 10.6 Å². The van der Waals surface area contributed by atoms with Gasteiger partial charge in [0.1, 0.15) is 0 Å². The summed E-state index contributed by atoms with van der Waals surface area (Å²) < 4.78 is 0. The number of hydrogen-bond donors (Lipinski definition) is 3. The van der Waals surface area contributed by atoms with Crippen LogP contribution in [0.2, 0.25) is 0 Å². The Morgan fingerprint density at radius 2 is 0.781 bits per heavy atom. The molecule has 3 heterocycles. The molecule has 0 atom stereocenters. The first-order valence-electron chi connectivity index (χ1n) is 13.0. The average Bonchev–Trinajstić information content (AvgIpc) is 2.45. The van der Waals surface area contributed by atoms with Gasteiger partial charge < -0.3 is 15.8 Å². The fourth-order valence-electron chi connectivity index (χ4n) is 8.28. The van der Waals surface area contributed by atoms with E-state index in [0.717, 1.165) is 12.8 Å². The molecule has 0 aromatic heterocycles. The highest BCUT2D eigenvalue weighted by Gasteiger charge is 2.52. The Labute approximate surface area is 199 Å². The second-order valence-corrected chi connectivity index (χ2v) is 15.4. The maximum atomic E-state index is 11.0. The third-order valence-corrected chi connectivity index (χ3v) is 8.22. The predicted octanol–water partition coefficient (Wildman–Crippen LogP) is 5.32. The van der Waals surface area contributed by atoms with Crippen molar-refractivity contribution in [2.45, 2.75) is 173 Å². The highest BCUT2D eigenvalue weighted by atomic mass is 16.5. The van der Waals surface area contributed by atoms with E-state index in [4.69, 9.17) is 0 Å². The molecule has 3 N–H and O–H groups in total. The molecule has 32 heavy (non-hydrogen) atoms. The molecular weight excluding hydrogens is 396 g/mol. The molecule has 0 spiro atoms. The van der Waals surface area contributed by atoms with Gasteiger partial charge in [0.2, 0.25) is 0 Å². The molecule has 188 valence electrons.